The molecule has 0 heterocycles. The van der Waals surface area contributed by atoms with Gasteiger partial charge in [0.05, 0.1) is 12.2 Å². The number of likely N-dealkylation sites (N-methyl/N-ethyl adjacent to an activating group) is 1. The second-order valence-electron chi connectivity index (χ2n) is 3.96. The summed E-state index contributed by atoms with van der Waals surface area (Å²) in [6, 6.07) is 0. The zero-order valence-corrected chi connectivity index (χ0v) is 8.55. The molecule has 14 heavy (non-hydrogen) atoms. The van der Waals surface area contributed by atoms with Gasteiger partial charge in [-0.15, -0.1) is 0 Å². The second-order valence-corrected chi connectivity index (χ2v) is 3.96. The smallest absolute Gasteiger partial charge is 0.245 e. The Bertz CT molecular complexity index is 228. The molecule has 1 fully saturated rings. The van der Waals surface area contributed by atoms with Crippen LogP contribution in [-0.4, -0.2) is 47.3 Å². The highest BCUT2D eigenvalue weighted by Gasteiger charge is 2.29. The first-order valence-electron chi connectivity index (χ1n) is 4.76. The molecule has 0 aromatic carbocycles. The van der Waals surface area contributed by atoms with Gasteiger partial charge in [0, 0.05) is 14.1 Å². The molecule has 0 saturated heterocycles. The van der Waals surface area contributed by atoms with Gasteiger partial charge in [-0.1, -0.05) is 6.08 Å². The summed E-state index contributed by atoms with van der Waals surface area (Å²) in [5.41, 5.74) is 0. The molecule has 0 aromatic heterocycles. The molecular weight excluding hydrogens is 182 g/mol. The minimum Gasteiger partial charge on any atom is -0.390 e. The molecule has 0 aliphatic heterocycles. The van der Waals surface area contributed by atoms with E-state index in [1.807, 2.05) is 0 Å². The lowest BCUT2D eigenvalue weighted by molar-refractivity contribution is -0.123. The molecule has 4 heteroatoms. The molecule has 0 radical (unpaired) electrons. The fraction of sp³-hybridized carbons (Fsp3) is 0.700. The summed E-state index contributed by atoms with van der Waals surface area (Å²) in [7, 11) is 3.37. The van der Waals surface area contributed by atoms with E-state index in [1.165, 1.54) is 11.0 Å². The average molecular weight is 199 g/mol. The highest BCUT2D eigenvalue weighted by Crippen LogP contribution is 2.26. The zero-order chi connectivity index (χ0) is 10.7. The Morgan fingerprint density at radius 1 is 1.29 bits per heavy atom. The van der Waals surface area contributed by atoms with E-state index in [2.05, 4.69) is 0 Å². The van der Waals surface area contributed by atoms with Gasteiger partial charge >= 0.3 is 0 Å². The van der Waals surface area contributed by atoms with Crippen molar-refractivity contribution in [3.8, 4) is 0 Å². The lowest BCUT2D eigenvalue weighted by Gasteiger charge is -2.06. The van der Waals surface area contributed by atoms with Crippen molar-refractivity contribution >= 4 is 5.91 Å². The minimum absolute atomic E-state index is 0.0686. The van der Waals surface area contributed by atoms with Crippen LogP contribution in [0.4, 0.5) is 0 Å². The van der Waals surface area contributed by atoms with Crippen molar-refractivity contribution in [1.29, 1.82) is 0 Å². The predicted molar refractivity (Wildman–Crippen MR) is 52.6 cm³/mol. The number of allylic oxidation sites excluding steroid dienone is 1. The van der Waals surface area contributed by atoms with Crippen LogP contribution < -0.4 is 0 Å². The van der Waals surface area contributed by atoms with Crippen LogP contribution in [0, 0.1) is 5.92 Å². The van der Waals surface area contributed by atoms with Crippen LogP contribution in [-0.2, 0) is 4.79 Å². The van der Waals surface area contributed by atoms with Crippen LogP contribution in [0.1, 0.15) is 12.8 Å². The van der Waals surface area contributed by atoms with Crippen LogP contribution in [0.5, 0.6) is 0 Å². The van der Waals surface area contributed by atoms with E-state index < -0.39 is 12.2 Å². The average Bonchev–Trinajstić information content (AvgIpc) is 2.42. The molecule has 1 aliphatic rings. The molecular formula is C10H17NO3. The van der Waals surface area contributed by atoms with E-state index in [4.69, 9.17) is 0 Å². The lowest BCUT2D eigenvalue weighted by atomic mass is 10.1. The number of amides is 1. The van der Waals surface area contributed by atoms with E-state index in [-0.39, 0.29) is 11.8 Å². The van der Waals surface area contributed by atoms with Gasteiger partial charge in [-0.2, -0.15) is 0 Å². The first-order valence-corrected chi connectivity index (χ1v) is 4.76. The summed E-state index contributed by atoms with van der Waals surface area (Å²) in [6.07, 6.45) is 3.06. The van der Waals surface area contributed by atoms with Crippen molar-refractivity contribution in [2.45, 2.75) is 25.0 Å². The van der Waals surface area contributed by atoms with Gasteiger partial charge in [-0.3, -0.25) is 4.79 Å². The largest absolute Gasteiger partial charge is 0.390 e. The van der Waals surface area contributed by atoms with Crippen molar-refractivity contribution in [2.75, 3.05) is 14.1 Å². The van der Waals surface area contributed by atoms with E-state index in [1.54, 1.807) is 20.2 Å². The molecule has 0 bridgehead atoms. The van der Waals surface area contributed by atoms with Crippen LogP contribution in [0.2, 0.25) is 0 Å². The lowest BCUT2D eigenvalue weighted by Crippen LogP contribution is -2.19. The number of carbonyl (C=O) groups is 1. The number of hydrogen-bond acceptors (Lipinski definition) is 3. The Kier molecular flexibility index (Phi) is 3.66. The second kappa shape index (κ2) is 4.57. The van der Waals surface area contributed by atoms with Gasteiger partial charge in [-0.05, 0) is 24.8 Å². The van der Waals surface area contributed by atoms with Gasteiger partial charge in [0.25, 0.3) is 0 Å². The molecule has 80 valence electrons. The zero-order valence-electron chi connectivity index (χ0n) is 8.55. The maximum absolute atomic E-state index is 11.2. The minimum atomic E-state index is -0.640. The first-order chi connectivity index (χ1) is 6.50. The number of aliphatic hydroxyl groups excluding tert-OH is 2. The third-order valence-corrected chi connectivity index (χ3v) is 2.48. The van der Waals surface area contributed by atoms with Crippen molar-refractivity contribution in [2.24, 2.45) is 5.92 Å². The molecule has 2 N–H and O–H groups in total. The van der Waals surface area contributed by atoms with Crippen molar-refractivity contribution in [3.63, 3.8) is 0 Å². The van der Waals surface area contributed by atoms with Crippen molar-refractivity contribution in [3.05, 3.63) is 12.2 Å². The Balaban J connectivity index is 2.43. The number of hydrogen-bond donors (Lipinski definition) is 2. The summed E-state index contributed by atoms with van der Waals surface area (Å²) >= 11 is 0. The van der Waals surface area contributed by atoms with Crippen LogP contribution >= 0.6 is 0 Å². The van der Waals surface area contributed by atoms with E-state index in [0.717, 1.165) is 0 Å². The molecule has 4 nitrogen and oxygen atoms in total. The standard InChI is InChI=1S/C10H17NO3/c1-11(2)10(14)4-3-7-5-8(12)9(13)6-7/h3-4,7-9,12-13H,5-6H2,1-2H3/b4-3+/t7?,8-,9+. The van der Waals surface area contributed by atoms with Gasteiger partial charge in [-0.25, -0.2) is 0 Å². The normalized spacial score (nSPS) is 32.4. The number of rotatable bonds is 2. The molecule has 1 saturated carbocycles. The third kappa shape index (κ3) is 2.82. The molecule has 1 unspecified atom stereocenters. The fourth-order valence-electron chi connectivity index (χ4n) is 1.56. The van der Waals surface area contributed by atoms with Crippen LogP contribution in [0.25, 0.3) is 0 Å². The molecule has 0 spiro atoms. The highest BCUT2D eigenvalue weighted by atomic mass is 16.3. The third-order valence-electron chi connectivity index (χ3n) is 2.48. The monoisotopic (exact) mass is 199 g/mol. The summed E-state index contributed by atoms with van der Waals surface area (Å²) in [5, 5.41) is 18.5. The molecule has 1 rings (SSSR count). The SMILES string of the molecule is CN(C)C(=O)/C=C/C1C[C@@H](O)[C@@H](O)C1. The van der Waals surface area contributed by atoms with E-state index >= 15 is 0 Å². The molecule has 3 atom stereocenters. The molecule has 1 amide bonds. The Morgan fingerprint density at radius 3 is 2.21 bits per heavy atom. The Hall–Kier alpha value is -0.870. The first kappa shape index (κ1) is 11.2. The maximum atomic E-state index is 11.2. The summed E-state index contributed by atoms with van der Waals surface area (Å²) in [4.78, 5) is 12.7. The van der Waals surface area contributed by atoms with Crippen molar-refractivity contribution in [1.82, 2.24) is 4.90 Å². The van der Waals surface area contributed by atoms with Gasteiger partial charge < -0.3 is 15.1 Å². The Labute approximate surface area is 83.8 Å². The van der Waals surface area contributed by atoms with Crippen LogP contribution in [0.15, 0.2) is 12.2 Å². The van der Waals surface area contributed by atoms with Gasteiger partial charge in [0.15, 0.2) is 0 Å². The molecule has 1 aliphatic carbocycles. The van der Waals surface area contributed by atoms with Gasteiger partial charge in [0.2, 0.25) is 5.91 Å². The van der Waals surface area contributed by atoms with Gasteiger partial charge in [0.1, 0.15) is 0 Å². The number of nitrogens with zero attached hydrogens (tertiary/aromatic N) is 1. The fourth-order valence-corrected chi connectivity index (χ4v) is 1.56. The summed E-state index contributed by atoms with van der Waals surface area (Å²) in [5.74, 6) is 0.0461. The molecule has 0 aromatic rings. The predicted octanol–water partition coefficient (Wildman–Crippen LogP) is -0.237. The quantitative estimate of drug-likeness (QED) is 0.603. The summed E-state index contributed by atoms with van der Waals surface area (Å²) in [6.45, 7) is 0. The maximum Gasteiger partial charge on any atom is 0.245 e. The van der Waals surface area contributed by atoms with E-state index in [0.29, 0.717) is 12.8 Å². The topological polar surface area (TPSA) is 60.8 Å². The van der Waals surface area contributed by atoms with Crippen molar-refractivity contribution < 1.29 is 15.0 Å². The number of aliphatic hydroxyl groups is 2. The van der Waals surface area contributed by atoms with Crippen LogP contribution in [0.3, 0.4) is 0 Å². The number of carbonyl (C=O) groups excluding carboxylic acids is 1. The highest BCUT2D eigenvalue weighted by molar-refractivity contribution is 5.87. The summed E-state index contributed by atoms with van der Waals surface area (Å²) < 4.78 is 0. The Morgan fingerprint density at radius 2 is 1.79 bits per heavy atom. The van der Waals surface area contributed by atoms with E-state index in [9.17, 15) is 15.0 Å².